The molecule has 14 heavy (non-hydrogen) atoms. The molecule has 0 atom stereocenters. The lowest BCUT2D eigenvalue weighted by atomic mass is 10.1. The summed E-state index contributed by atoms with van der Waals surface area (Å²) in [5.41, 5.74) is -0.680. The molecule has 0 radical (unpaired) electrons. The molecule has 1 fully saturated rings. The summed E-state index contributed by atoms with van der Waals surface area (Å²) < 4.78 is 25.9. The van der Waals surface area contributed by atoms with Gasteiger partial charge in [0.25, 0.3) is 5.92 Å². The third kappa shape index (κ3) is 1.62. The number of hydrogen-bond donors (Lipinski definition) is 1. The number of halogens is 2. The molecule has 1 heterocycles. The van der Waals surface area contributed by atoms with Gasteiger partial charge in [-0.15, -0.1) is 0 Å². The number of aromatic nitrogens is 1. The predicted molar refractivity (Wildman–Crippen MR) is 46.9 cm³/mol. The molecular formula is C10H11F2NO. The fourth-order valence-electron chi connectivity index (χ4n) is 1.33. The highest BCUT2D eigenvalue weighted by Crippen LogP contribution is 2.45. The standard InChI is InChI=1S/C10H11F2NO/c1-9(11,12)7-2-5-13-8(6-7)10(14)3-4-10/h2,5-6,14H,3-4H2,1H3. The van der Waals surface area contributed by atoms with Gasteiger partial charge in [-0.05, 0) is 25.0 Å². The van der Waals surface area contributed by atoms with Crippen LogP contribution in [0.2, 0.25) is 0 Å². The molecule has 1 aliphatic rings. The van der Waals surface area contributed by atoms with Crippen LogP contribution < -0.4 is 0 Å². The van der Waals surface area contributed by atoms with Gasteiger partial charge in [-0.2, -0.15) is 0 Å². The molecule has 0 bridgehead atoms. The summed E-state index contributed by atoms with van der Waals surface area (Å²) >= 11 is 0. The smallest absolute Gasteiger partial charge is 0.270 e. The molecule has 0 amide bonds. The third-order valence-corrected chi connectivity index (χ3v) is 2.47. The summed E-state index contributed by atoms with van der Waals surface area (Å²) in [6, 6.07) is 2.56. The maximum absolute atomic E-state index is 12.9. The molecule has 0 spiro atoms. The number of pyridine rings is 1. The molecule has 0 aromatic carbocycles. The Bertz CT molecular complexity index is 335. The average Bonchev–Trinajstić information content (AvgIpc) is 2.84. The minimum Gasteiger partial charge on any atom is -0.384 e. The van der Waals surface area contributed by atoms with E-state index in [4.69, 9.17) is 0 Å². The van der Waals surface area contributed by atoms with Gasteiger partial charge >= 0.3 is 0 Å². The molecule has 1 saturated carbocycles. The molecule has 1 N–H and O–H groups in total. The fraction of sp³-hybridized carbons (Fsp3) is 0.500. The van der Waals surface area contributed by atoms with Crippen molar-refractivity contribution >= 4 is 0 Å². The summed E-state index contributed by atoms with van der Waals surface area (Å²) in [5, 5.41) is 9.68. The molecule has 76 valence electrons. The Morgan fingerprint density at radius 3 is 2.64 bits per heavy atom. The van der Waals surface area contributed by atoms with Gasteiger partial charge in [0.1, 0.15) is 5.60 Å². The van der Waals surface area contributed by atoms with Gasteiger partial charge in [-0.1, -0.05) is 0 Å². The fourth-order valence-corrected chi connectivity index (χ4v) is 1.33. The van der Waals surface area contributed by atoms with E-state index in [0.717, 1.165) is 6.92 Å². The van der Waals surface area contributed by atoms with Crippen molar-refractivity contribution in [2.24, 2.45) is 0 Å². The first-order valence-electron chi connectivity index (χ1n) is 4.49. The van der Waals surface area contributed by atoms with Crippen LogP contribution >= 0.6 is 0 Å². The SMILES string of the molecule is CC(F)(F)c1ccnc(C2(O)CC2)c1. The maximum Gasteiger partial charge on any atom is 0.270 e. The van der Waals surface area contributed by atoms with E-state index in [0.29, 0.717) is 18.5 Å². The van der Waals surface area contributed by atoms with Crippen molar-refractivity contribution in [3.05, 3.63) is 29.6 Å². The lowest BCUT2D eigenvalue weighted by molar-refractivity contribution is 0.0170. The summed E-state index contributed by atoms with van der Waals surface area (Å²) in [7, 11) is 0. The van der Waals surface area contributed by atoms with Crippen LogP contribution in [0.15, 0.2) is 18.3 Å². The molecular weight excluding hydrogens is 188 g/mol. The van der Waals surface area contributed by atoms with Gasteiger partial charge in [-0.3, -0.25) is 4.98 Å². The Morgan fingerprint density at radius 2 is 2.14 bits per heavy atom. The zero-order valence-electron chi connectivity index (χ0n) is 7.80. The number of alkyl halides is 2. The van der Waals surface area contributed by atoms with Crippen molar-refractivity contribution in [2.45, 2.75) is 31.3 Å². The lowest BCUT2D eigenvalue weighted by Crippen LogP contribution is -2.12. The lowest BCUT2D eigenvalue weighted by Gasteiger charge is -2.13. The van der Waals surface area contributed by atoms with Crippen molar-refractivity contribution in [1.82, 2.24) is 4.98 Å². The number of hydrogen-bond acceptors (Lipinski definition) is 2. The van der Waals surface area contributed by atoms with Gasteiger partial charge in [-0.25, -0.2) is 8.78 Å². The topological polar surface area (TPSA) is 33.1 Å². The van der Waals surface area contributed by atoms with Crippen LogP contribution in [0.4, 0.5) is 8.78 Å². The average molecular weight is 199 g/mol. The number of nitrogens with zero attached hydrogens (tertiary/aromatic N) is 1. The monoisotopic (exact) mass is 199 g/mol. The minimum atomic E-state index is -2.87. The van der Waals surface area contributed by atoms with E-state index in [2.05, 4.69) is 4.98 Å². The van der Waals surface area contributed by atoms with Gasteiger partial charge in [0.15, 0.2) is 0 Å². The molecule has 2 nitrogen and oxygen atoms in total. The van der Waals surface area contributed by atoms with Crippen LogP contribution in [0.5, 0.6) is 0 Å². The second-order valence-corrected chi connectivity index (χ2v) is 3.85. The number of aliphatic hydroxyl groups is 1. The van der Waals surface area contributed by atoms with E-state index in [9.17, 15) is 13.9 Å². The number of rotatable bonds is 2. The molecule has 0 aliphatic heterocycles. The van der Waals surface area contributed by atoms with Crippen LogP contribution in [-0.4, -0.2) is 10.1 Å². The highest BCUT2D eigenvalue weighted by molar-refractivity contribution is 5.27. The quantitative estimate of drug-likeness (QED) is 0.791. The Kier molecular flexibility index (Phi) is 1.86. The second-order valence-electron chi connectivity index (χ2n) is 3.85. The van der Waals surface area contributed by atoms with E-state index >= 15 is 0 Å². The summed E-state index contributed by atoms with van der Waals surface area (Å²) in [4.78, 5) is 3.90. The summed E-state index contributed by atoms with van der Waals surface area (Å²) in [6.45, 7) is 0.836. The van der Waals surface area contributed by atoms with Crippen LogP contribution in [0.1, 0.15) is 31.0 Å². The summed E-state index contributed by atoms with van der Waals surface area (Å²) in [5.74, 6) is -2.87. The zero-order chi connectivity index (χ0) is 10.4. The summed E-state index contributed by atoms with van der Waals surface area (Å²) in [6.07, 6.45) is 2.54. The molecule has 0 unspecified atom stereocenters. The Labute approximate surface area is 80.6 Å². The molecule has 2 rings (SSSR count). The highest BCUT2D eigenvalue weighted by Gasteiger charge is 2.44. The second kappa shape index (κ2) is 2.73. The van der Waals surface area contributed by atoms with Crippen LogP contribution in [-0.2, 0) is 11.5 Å². The van der Waals surface area contributed by atoms with E-state index in [1.807, 2.05) is 0 Å². The van der Waals surface area contributed by atoms with Crippen LogP contribution in [0, 0.1) is 0 Å². The molecule has 1 aromatic rings. The van der Waals surface area contributed by atoms with Crippen molar-refractivity contribution in [2.75, 3.05) is 0 Å². The van der Waals surface area contributed by atoms with E-state index in [1.54, 1.807) is 0 Å². The largest absolute Gasteiger partial charge is 0.384 e. The molecule has 0 saturated heterocycles. The zero-order valence-corrected chi connectivity index (χ0v) is 7.80. The van der Waals surface area contributed by atoms with Crippen LogP contribution in [0.25, 0.3) is 0 Å². The normalized spacial score (nSPS) is 19.4. The van der Waals surface area contributed by atoms with Gasteiger partial charge in [0, 0.05) is 18.7 Å². The van der Waals surface area contributed by atoms with Crippen LogP contribution in [0.3, 0.4) is 0 Å². The van der Waals surface area contributed by atoms with Gasteiger partial charge in [0.2, 0.25) is 0 Å². The predicted octanol–water partition coefficient (Wildman–Crippen LogP) is 2.17. The van der Waals surface area contributed by atoms with Crippen molar-refractivity contribution in [3.63, 3.8) is 0 Å². The minimum absolute atomic E-state index is 0.0946. The van der Waals surface area contributed by atoms with Crippen molar-refractivity contribution in [3.8, 4) is 0 Å². The Morgan fingerprint density at radius 1 is 1.50 bits per heavy atom. The Hall–Kier alpha value is -1.03. The first-order valence-corrected chi connectivity index (χ1v) is 4.49. The van der Waals surface area contributed by atoms with E-state index in [-0.39, 0.29) is 5.56 Å². The molecule has 1 aliphatic carbocycles. The molecule has 1 aromatic heterocycles. The maximum atomic E-state index is 12.9. The third-order valence-electron chi connectivity index (χ3n) is 2.47. The van der Waals surface area contributed by atoms with E-state index in [1.165, 1.54) is 18.3 Å². The van der Waals surface area contributed by atoms with Crippen molar-refractivity contribution in [1.29, 1.82) is 0 Å². The van der Waals surface area contributed by atoms with Gasteiger partial charge in [0.05, 0.1) is 5.69 Å². The Balaban J connectivity index is 2.37. The van der Waals surface area contributed by atoms with Crippen molar-refractivity contribution < 1.29 is 13.9 Å². The van der Waals surface area contributed by atoms with Gasteiger partial charge < -0.3 is 5.11 Å². The first-order chi connectivity index (χ1) is 6.42. The van der Waals surface area contributed by atoms with E-state index < -0.39 is 11.5 Å². The highest BCUT2D eigenvalue weighted by atomic mass is 19.3. The molecule has 4 heteroatoms. The first kappa shape index (κ1) is 9.52.